The van der Waals surface area contributed by atoms with Gasteiger partial charge in [-0.2, -0.15) is 0 Å². The molecule has 1 aliphatic rings. The molecule has 2 aromatic rings. The summed E-state index contributed by atoms with van der Waals surface area (Å²) in [6.45, 7) is 6.49. The standard InChI is InChI=1S/C16H20N2S/c1-9-7-11(3)12(8-10(9)2)16-18-15-13(17)5-4-6-14(15)19-16/h7-8,13H,4-6,17H2,1-3H3. The van der Waals surface area contributed by atoms with Gasteiger partial charge in [-0.15, -0.1) is 11.3 Å². The second-order valence-electron chi connectivity index (χ2n) is 5.58. The van der Waals surface area contributed by atoms with Crippen LogP contribution in [0.5, 0.6) is 0 Å². The molecular formula is C16H20N2S. The first kappa shape index (κ1) is 12.8. The van der Waals surface area contributed by atoms with Gasteiger partial charge in [-0.25, -0.2) is 4.98 Å². The molecule has 0 fully saturated rings. The number of aryl methyl sites for hydroxylation is 4. The van der Waals surface area contributed by atoms with Gasteiger partial charge in [0.25, 0.3) is 0 Å². The maximum absolute atomic E-state index is 6.17. The zero-order valence-corrected chi connectivity index (χ0v) is 12.6. The highest BCUT2D eigenvalue weighted by atomic mass is 32.1. The Morgan fingerprint density at radius 1 is 1.16 bits per heavy atom. The molecule has 100 valence electrons. The third kappa shape index (κ3) is 2.21. The molecule has 1 atom stereocenters. The molecule has 0 aliphatic heterocycles. The maximum Gasteiger partial charge on any atom is 0.124 e. The monoisotopic (exact) mass is 272 g/mol. The van der Waals surface area contributed by atoms with Crippen molar-refractivity contribution in [2.45, 2.75) is 46.1 Å². The summed E-state index contributed by atoms with van der Waals surface area (Å²) in [6.07, 6.45) is 3.41. The Morgan fingerprint density at radius 2 is 1.89 bits per heavy atom. The van der Waals surface area contributed by atoms with Gasteiger partial charge in [-0.1, -0.05) is 6.07 Å². The molecule has 1 unspecified atom stereocenters. The molecule has 0 bridgehead atoms. The Balaban J connectivity index is 2.10. The van der Waals surface area contributed by atoms with Crippen molar-refractivity contribution in [2.24, 2.45) is 5.73 Å². The zero-order chi connectivity index (χ0) is 13.6. The molecule has 0 spiro atoms. The van der Waals surface area contributed by atoms with Crippen molar-refractivity contribution < 1.29 is 0 Å². The first-order chi connectivity index (χ1) is 9.06. The van der Waals surface area contributed by atoms with E-state index in [4.69, 9.17) is 10.7 Å². The second-order valence-corrected chi connectivity index (χ2v) is 6.66. The van der Waals surface area contributed by atoms with E-state index in [0.29, 0.717) is 0 Å². The van der Waals surface area contributed by atoms with E-state index < -0.39 is 0 Å². The first-order valence-corrected chi connectivity index (χ1v) is 7.71. The lowest BCUT2D eigenvalue weighted by Crippen LogP contribution is -2.16. The molecule has 0 saturated heterocycles. The van der Waals surface area contributed by atoms with Gasteiger partial charge in [0.15, 0.2) is 0 Å². The molecule has 1 heterocycles. The lowest BCUT2D eigenvalue weighted by molar-refractivity contribution is 0.564. The molecule has 0 saturated carbocycles. The highest BCUT2D eigenvalue weighted by Gasteiger charge is 2.22. The maximum atomic E-state index is 6.17. The summed E-state index contributed by atoms with van der Waals surface area (Å²) >= 11 is 1.83. The summed E-state index contributed by atoms with van der Waals surface area (Å²) in [6, 6.07) is 4.66. The largest absolute Gasteiger partial charge is 0.323 e. The van der Waals surface area contributed by atoms with Crippen LogP contribution in [0.25, 0.3) is 10.6 Å². The fourth-order valence-electron chi connectivity index (χ4n) is 2.76. The summed E-state index contributed by atoms with van der Waals surface area (Å²) in [7, 11) is 0. The molecule has 2 nitrogen and oxygen atoms in total. The summed E-state index contributed by atoms with van der Waals surface area (Å²) in [4.78, 5) is 6.22. The molecule has 19 heavy (non-hydrogen) atoms. The third-order valence-electron chi connectivity index (χ3n) is 4.07. The summed E-state index contributed by atoms with van der Waals surface area (Å²) in [5.41, 5.74) is 12.6. The van der Waals surface area contributed by atoms with Crippen LogP contribution in [-0.2, 0) is 6.42 Å². The van der Waals surface area contributed by atoms with E-state index in [1.165, 1.54) is 33.6 Å². The van der Waals surface area contributed by atoms with Gasteiger partial charge < -0.3 is 5.73 Å². The van der Waals surface area contributed by atoms with Crippen molar-refractivity contribution in [1.29, 1.82) is 0 Å². The van der Waals surface area contributed by atoms with E-state index in [9.17, 15) is 0 Å². The molecule has 1 aromatic carbocycles. The SMILES string of the molecule is Cc1cc(C)c(-c2nc3c(s2)CCCC3N)cc1C. The van der Waals surface area contributed by atoms with Crippen LogP contribution in [-0.4, -0.2) is 4.98 Å². The number of aromatic nitrogens is 1. The average Bonchev–Trinajstić information content (AvgIpc) is 2.79. The number of fused-ring (bicyclic) bond motifs is 1. The Hall–Kier alpha value is -1.19. The summed E-state index contributed by atoms with van der Waals surface area (Å²) in [5.74, 6) is 0. The Morgan fingerprint density at radius 3 is 2.63 bits per heavy atom. The van der Waals surface area contributed by atoms with Crippen molar-refractivity contribution in [3.63, 3.8) is 0 Å². The van der Waals surface area contributed by atoms with Crippen LogP contribution >= 0.6 is 11.3 Å². The van der Waals surface area contributed by atoms with E-state index >= 15 is 0 Å². The first-order valence-electron chi connectivity index (χ1n) is 6.89. The van der Waals surface area contributed by atoms with Crippen LogP contribution in [0.1, 0.15) is 46.1 Å². The topological polar surface area (TPSA) is 38.9 Å². The minimum absolute atomic E-state index is 0.139. The van der Waals surface area contributed by atoms with Crippen LogP contribution in [0.4, 0.5) is 0 Å². The number of nitrogens with two attached hydrogens (primary N) is 1. The Kier molecular flexibility index (Phi) is 3.19. The Bertz CT molecular complexity index is 628. The van der Waals surface area contributed by atoms with Gasteiger partial charge in [0.2, 0.25) is 0 Å². The third-order valence-corrected chi connectivity index (χ3v) is 5.23. The minimum atomic E-state index is 0.139. The molecule has 0 radical (unpaired) electrons. The molecule has 1 aliphatic carbocycles. The van der Waals surface area contributed by atoms with Gasteiger partial charge >= 0.3 is 0 Å². The Labute approximate surface area is 118 Å². The number of nitrogens with zero attached hydrogens (tertiary/aromatic N) is 1. The van der Waals surface area contributed by atoms with Crippen LogP contribution in [0.2, 0.25) is 0 Å². The summed E-state index contributed by atoms with van der Waals surface area (Å²) < 4.78 is 0. The van der Waals surface area contributed by atoms with Gasteiger partial charge in [0.05, 0.1) is 5.69 Å². The van der Waals surface area contributed by atoms with Gasteiger partial charge in [0, 0.05) is 16.5 Å². The highest BCUT2D eigenvalue weighted by Crippen LogP contribution is 2.37. The van der Waals surface area contributed by atoms with E-state index in [1.807, 2.05) is 11.3 Å². The normalized spacial score (nSPS) is 18.4. The fraction of sp³-hybridized carbons (Fsp3) is 0.438. The minimum Gasteiger partial charge on any atom is -0.323 e. The van der Waals surface area contributed by atoms with Gasteiger partial charge in [0.1, 0.15) is 5.01 Å². The quantitative estimate of drug-likeness (QED) is 0.850. The van der Waals surface area contributed by atoms with Crippen molar-refractivity contribution in [1.82, 2.24) is 4.98 Å². The zero-order valence-electron chi connectivity index (χ0n) is 11.8. The van der Waals surface area contributed by atoms with E-state index in [1.54, 1.807) is 0 Å². The van der Waals surface area contributed by atoms with Crippen molar-refractivity contribution in [3.8, 4) is 10.6 Å². The highest BCUT2D eigenvalue weighted by molar-refractivity contribution is 7.15. The van der Waals surface area contributed by atoms with E-state index in [2.05, 4.69) is 32.9 Å². The molecule has 3 rings (SSSR count). The number of rotatable bonds is 1. The lowest BCUT2D eigenvalue weighted by atomic mass is 9.98. The molecule has 0 amide bonds. The molecule has 3 heteroatoms. The summed E-state index contributed by atoms with van der Waals surface area (Å²) in [5, 5.41) is 1.14. The van der Waals surface area contributed by atoms with Crippen LogP contribution < -0.4 is 5.73 Å². The number of thiazole rings is 1. The number of hydrogen-bond acceptors (Lipinski definition) is 3. The predicted molar refractivity (Wildman–Crippen MR) is 81.6 cm³/mol. The lowest BCUT2D eigenvalue weighted by Gasteiger charge is -2.15. The van der Waals surface area contributed by atoms with Gasteiger partial charge in [-0.05, 0) is 62.8 Å². The second kappa shape index (κ2) is 4.73. The fourth-order valence-corrected chi connectivity index (χ4v) is 4.01. The predicted octanol–water partition coefficient (Wildman–Crippen LogP) is 4.07. The molecule has 2 N–H and O–H groups in total. The van der Waals surface area contributed by atoms with Crippen molar-refractivity contribution in [3.05, 3.63) is 39.4 Å². The van der Waals surface area contributed by atoms with Crippen LogP contribution in [0.3, 0.4) is 0 Å². The van der Waals surface area contributed by atoms with Gasteiger partial charge in [-0.3, -0.25) is 0 Å². The van der Waals surface area contributed by atoms with E-state index in [-0.39, 0.29) is 6.04 Å². The average molecular weight is 272 g/mol. The van der Waals surface area contributed by atoms with Crippen molar-refractivity contribution >= 4 is 11.3 Å². The molecular weight excluding hydrogens is 252 g/mol. The van der Waals surface area contributed by atoms with Crippen LogP contribution in [0.15, 0.2) is 12.1 Å². The number of hydrogen-bond donors (Lipinski definition) is 1. The van der Waals surface area contributed by atoms with Crippen LogP contribution in [0, 0.1) is 20.8 Å². The smallest absolute Gasteiger partial charge is 0.124 e. The van der Waals surface area contributed by atoms with Crippen molar-refractivity contribution in [2.75, 3.05) is 0 Å². The number of benzene rings is 1. The molecule has 1 aromatic heterocycles. The van der Waals surface area contributed by atoms with E-state index in [0.717, 1.165) is 23.5 Å².